The van der Waals surface area contributed by atoms with E-state index in [2.05, 4.69) is 5.32 Å². The molecule has 0 aliphatic carbocycles. The number of rotatable bonds is 8. The van der Waals surface area contributed by atoms with Crippen LogP contribution in [-0.4, -0.2) is 16.2 Å². The Kier molecular flexibility index (Phi) is 9.42. The summed E-state index contributed by atoms with van der Waals surface area (Å²) in [4.78, 5) is 11.9. The van der Waals surface area contributed by atoms with Crippen LogP contribution in [0.4, 0.5) is 5.69 Å². The fourth-order valence-corrected chi connectivity index (χ4v) is 3.54. The van der Waals surface area contributed by atoms with Crippen LogP contribution < -0.4 is 11.1 Å². The summed E-state index contributed by atoms with van der Waals surface area (Å²) in [5.74, 6) is 0.958. The molecule has 0 aliphatic heterocycles. The highest BCUT2D eigenvalue weighted by atomic mass is 35.5. The van der Waals surface area contributed by atoms with E-state index in [9.17, 15) is 9.00 Å². The van der Waals surface area contributed by atoms with Crippen molar-refractivity contribution in [3.63, 3.8) is 0 Å². The van der Waals surface area contributed by atoms with Gasteiger partial charge in [0.15, 0.2) is 0 Å². The van der Waals surface area contributed by atoms with Crippen LogP contribution in [0.1, 0.15) is 30.9 Å². The second-order valence-corrected chi connectivity index (χ2v) is 7.44. The number of hydrogen-bond donors (Lipinski definition) is 2. The number of hydrogen-bond acceptors (Lipinski definition) is 3. The van der Waals surface area contributed by atoms with E-state index in [4.69, 9.17) is 5.73 Å². The van der Waals surface area contributed by atoms with E-state index >= 15 is 0 Å². The molecule has 0 bridgehead atoms. The quantitative estimate of drug-likeness (QED) is 0.734. The lowest BCUT2D eigenvalue weighted by Gasteiger charge is -2.09. The zero-order valence-corrected chi connectivity index (χ0v) is 15.9. The highest BCUT2D eigenvalue weighted by Crippen LogP contribution is 2.15. The molecule has 0 fully saturated rings. The summed E-state index contributed by atoms with van der Waals surface area (Å²) in [7, 11) is -0.982. The molecule has 2 aromatic rings. The monoisotopic (exact) mass is 380 g/mol. The van der Waals surface area contributed by atoms with Crippen molar-refractivity contribution in [3.05, 3.63) is 65.7 Å². The third kappa shape index (κ3) is 8.29. The van der Waals surface area contributed by atoms with Crippen molar-refractivity contribution in [3.8, 4) is 0 Å². The zero-order chi connectivity index (χ0) is 17.4. The minimum absolute atomic E-state index is 0. The number of nitrogens with one attached hydrogen (secondary N) is 1. The van der Waals surface area contributed by atoms with E-state index in [1.54, 1.807) is 0 Å². The number of amides is 1. The van der Waals surface area contributed by atoms with Crippen LogP contribution in [0.5, 0.6) is 0 Å². The molecule has 2 atom stereocenters. The summed E-state index contributed by atoms with van der Waals surface area (Å²) < 4.78 is 12.3. The fourth-order valence-electron chi connectivity index (χ4n) is 2.32. The highest BCUT2D eigenvalue weighted by Gasteiger charge is 2.07. The van der Waals surface area contributed by atoms with Crippen molar-refractivity contribution in [1.82, 2.24) is 0 Å². The molecule has 2 unspecified atom stereocenters. The van der Waals surface area contributed by atoms with Gasteiger partial charge in [0.1, 0.15) is 0 Å². The Bertz CT molecular complexity index is 693. The van der Waals surface area contributed by atoms with Gasteiger partial charge >= 0.3 is 0 Å². The maximum atomic E-state index is 12.3. The second kappa shape index (κ2) is 11.0. The van der Waals surface area contributed by atoms with Gasteiger partial charge in [0.2, 0.25) is 5.91 Å². The summed E-state index contributed by atoms with van der Waals surface area (Å²) in [6.45, 7) is 1.88. The highest BCUT2D eigenvalue weighted by molar-refractivity contribution is 7.83. The zero-order valence-electron chi connectivity index (χ0n) is 14.3. The summed E-state index contributed by atoms with van der Waals surface area (Å²) >= 11 is 0. The lowest BCUT2D eigenvalue weighted by molar-refractivity contribution is -0.116. The van der Waals surface area contributed by atoms with Gasteiger partial charge in [-0.25, -0.2) is 0 Å². The largest absolute Gasteiger partial charge is 0.328 e. The minimum Gasteiger partial charge on any atom is -0.328 e. The molecule has 4 nitrogen and oxygen atoms in total. The van der Waals surface area contributed by atoms with Crippen LogP contribution in [0.3, 0.4) is 0 Å². The van der Waals surface area contributed by atoms with Crippen LogP contribution in [0.2, 0.25) is 0 Å². The Morgan fingerprint density at radius 1 is 1.08 bits per heavy atom. The molecule has 6 heteroatoms. The first-order valence-electron chi connectivity index (χ1n) is 8.06. The number of carbonyl (C=O) groups excluding carboxylic acids is 1. The van der Waals surface area contributed by atoms with Gasteiger partial charge in [-0.05, 0) is 36.6 Å². The number of carbonyl (C=O) groups is 1. The Hall–Kier alpha value is -1.69. The molecule has 3 N–H and O–H groups in total. The smallest absolute Gasteiger partial charge is 0.224 e. The van der Waals surface area contributed by atoms with Crippen LogP contribution in [0.15, 0.2) is 54.6 Å². The third-order valence-corrected chi connectivity index (χ3v) is 4.85. The van der Waals surface area contributed by atoms with Crippen LogP contribution >= 0.6 is 12.4 Å². The summed E-state index contributed by atoms with van der Waals surface area (Å²) in [6.07, 6.45) is 1.06. The maximum Gasteiger partial charge on any atom is 0.224 e. The van der Waals surface area contributed by atoms with Crippen LogP contribution in [0, 0.1) is 0 Å². The molecule has 2 rings (SSSR count). The predicted molar refractivity (Wildman–Crippen MR) is 107 cm³/mol. The molecule has 0 aliphatic rings. The Morgan fingerprint density at radius 3 is 2.40 bits per heavy atom. The van der Waals surface area contributed by atoms with Crippen LogP contribution in [-0.2, 0) is 27.1 Å². The van der Waals surface area contributed by atoms with Gasteiger partial charge in [-0.3, -0.25) is 9.00 Å². The molecule has 136 valence electrons. The molecule has 0 spiro atoms. The average molecular weight is 381 g/mol. The standard InChI is InChI=1S/C19H24N2O2S.ClH/c1-15(20)10-11-19(22)21-18-9-5-8-17(12-18)14-24(23)13-16-6-3-2-4-7-16;/h2-9,12,15H,10-11,13-14,20H2,1H3,(H,21,22);1H. The van der Waals surface area contributed by atoms with E-state index in [0.29, 0.717) is 24.3 Å². The molecule has 0 heterocycles. The summed E-state index contributed by atoms with van der Waals surface area (Å²) in [5, 5.41) is 2.87. The molecule has 0 saturated heterocycles. The molecule has 0 radical (unpaired) electrons. The summed E-state index contributed by atoms with van der Waals surface area (Å²) in [5.41, 5.74) is 8.42. The topological polar surface area (TPSA) is 72.2 Å². The Balaban J connectivity index is 0.00000312. The number of anilines is 1. The average Bonchev–Trinajstić information content (AvgIpc) is 2.54. The third-order valence-electron chi connectivity index (χ3n) is 3.54. The van der Waals surface area contributed by atoms with Crippen molar-refractivity contribution >= 4 is 34.8 Å². The first kappa shape index (κ1) is 21.4. The first-order chi connectivity index (χ1) is 11.5. The van der Waals surface area contributed by atoms with Gasteiger partial charge in [-0.15, -0.1) is 12.4 Å². The van der Waals surface area contributed by atoms with E-state index in [0.717, 1.165) is 16.8 Å². The van der Waals surface area contributed by atoms with Crippen molar-refractivity contribution in [2.75, 3.05) is 5.32 Å². The Labute approximate surface area is 158 Å². The molecular weight excluding hydrogens is 356 g/mol. The first-order valence-corrected chi connectivity index (χ1v) is 9.55. The molecule has 0 aromatic heterocycles. The van der Waals surface area contributed by atoms with E-state index in [1.807, 2.05) is 61.5 Å². The van der Waals surface area contributed by atoms with Crippen molar-refractivity contribution in [2.45, 2.75) is 37.3 Å². The number of nitrogens with two attached hydrogens (primary N) is 1. The molecule has 25 heavy (non-hydrogen) atoms. The van der Waals surface area contributed by atoms with Gasteiger partial charge in [0, 0.05) is 40.5 Å². The summed E-state index contributed by atoms with van der Waals surface area (Å²) in [6, 6.07) is 17.3. The van der Waals surface area contributed by atoms with Gasteiger partial charge in [0.05, 0.1) is 0 Å². The lowest BCUT2D eigenvalue weighted by atomic mass is 10.2. The van der Waals surface area contributed by atoms with Gasteiger partial charge < -0.3 is 11.1 Å². The van der Waals surface area contributed by atoms with Gasteiger partial charge in [0.25, 0.3) is 0 Å². The lowest BCUT2D eigenvalue weighted by Crippen LogP contribution is -2.19. The molecular formula is C19H25ClN2O2S. The van der Waals surface area contributed by atoms with Crippen LogP contribution in [0.25, 0.3) is 0 Å². The predicted octanol–water partition coefficient (Wildman–Crippen LogP) is 3.62. The molecule has 0 saturated carbocycles. The normalized spacial score (nSPS) is 12.7. The Morgan fingerprint density at radius 2 is 1.72 bits per heavy atom. The minimum atomic E-state index is -0.982. The molecule has 2 aromatic carbocycles. The van der Waals surface area contributed by atoms with E-state index < -0.39 is 10.8 Å². The number of halogens is 1. The van der Waals surface area contributed by atoms with Crippen molar-refractivity contribution < 1.29 is 9.00 Å². The fraction of sp³-hybridized carbons (Fsp3) is 0.316. The second-order valence-electron chi connectivity index (χ2n) is 5.98. The van der Waals surface area contributed by atoms with E-state index in [-0.39, 0.29) is 24.4 Å². The molecule has 1 amide bonds. The SMILES string of the molecule is CC(N)CCC(=O)Nc1cccc(CS(=O)Cc2ccccc2)c1.Cl. The van der Waals surface area contributed by atoms with Crippen molar-refractivity contribution in [2.24, 2.45) is 5.73 Å². The number of benzene rings is 2. The van der Waals surface area contributed by atoms with Gasteiger partial charge in [-0.1, -0.05) is 42.5 Å². The van der Waals surface area contributed by atoms with E-state index in [1.165, 1.54) is 0 Å². The van der Waals surface area contributed by atoms with Crippen molar-refractivity contribution in [1.29, 1.82) is 0 Å². The maximum absolute atomic E-state index is 12.3. The van der Waals surface area contributed by atoms with Gasteiger partial charge in [-0.2, -0.15) is 0 Å².